The second kappa shape index (κ2) is 7.67. The normalized spacial score (nSPS) is 11.7. The highest BCUT2D eigenvalue weighted by molar-refractivity contribution is 5.88. The predicted molar refractivity (Wildman–Crippen MR) is 106 cm³/mol. The smallest absolute Gasteiger partial charge is 0.287 e. The fourth-order valence-electron chi connectivity index (χ4n) is 3.58. The minimum absolute atomic E-state index is 0.448. The van der Waals surface area contributed by atoms with Crippen LogP contribution < -0.4 is 4.89 Å². The molecule has 0 radical (unpaired) electrons. The minimum Gasteiger partial charge on any atom is -0.287 e. The second-order valence-corrected chi connectivity index (χ2v) is 7.50. The first kappa shape index (κ1) is 18.7. The Morgan fingerprint density at radius 3 is 1.48 bits per heavy atom. The largest absolute Gasteiger partial charge is 0.370 e. The zero-order chi connectivity index (χ0) is 19.3. The van der Waals surface area contributed by atoms with Gasteiger partial charge in [-0.2, -0.15) is 0 Å². The Labute approximate surface area is 160 Å². The molecule has 0 amide bonds. The first-order valence-electron chi connectivity index (χ1n) is 9.01. The maximum atomic E-state index is 13.5. The van der Waals surface area contributed by atoms with Gasteiger partial charge in [-0.15, -0.1) is 0 Å². The molecule has 138 valence electrons. The molecule has 0 unspecified atom stereocenters. The molecule has 3 rings (SSSR count). The van der Waals surface area contributed by atoms with Crippen LogP contribution in [0, 0.1) is 5.41 Å². The van der Waals surface area contributed by atoms with E-state index >= 15 is 0 Å². The van der Waals surface area contributed by atoms with Crippen molar-refractivity contribution in [1.29, 1.82) is 0 Å². The highest BCUT2D eigenvalue weighted by Crippen LogP contribution is 2.48. The van der Waals surface area contributed by atoms with Crippen LogP contribution in [0.2, 0.25) is 0 Å². The van der Waals surface area contributed by atoms with Crippen molar-refractivity contribution in [3.8, 4) is 5.75 Å². The standard InChI is InChI=1S/C24H24O3/c1-23(2,3)24(19-13-7-4-8-14-19,20-15-9-5-10-16-20)22(25)27-26-21-17-11-6-12-18-21/h4-18H,1-3H3. The van der Waals surface area contributed by atoms with Gasteiger partial charge >= 0.3 is 5.97 Å². The molecule has 3 heteroatoms. The SMILES string of the molecule is CC(C)(C)C(C(=O)OOc1ccccc1)(c1ccccc1)c1ccccc1. The molecule has 0 fully saturated rings. The zero-order valence-corrected chi connectivity index (χ0v) is 15.9. The summed E-state index contributed by atoms with van der Waals surface area (Å²) >= 11 is 0. The second-order valence-electron chi connectivity index (χ2n) is 7.50. The molecule has 0 saturated heterocycles. The van der Waals surface area contributed by atoms with E-state index in [-0.39, 0.29) is 0 Å². The average molecular weight is 360 g/mol. The predicted octanol–water partition coefficient (Wildman–Crippen LogP) is 5.56. The van der Waals surface area contributed by atoms with Crippen molar-refractivity contribution in [3.63, 3.8) is 0 Å². The Hall–Kier alpha value is -3.07. The summed E-state index contributed by atoms with van der Waals surface area (Å²) in [6, 6.07) is 28.5. The van der Waals surface area contributed by atoms with Crippen LogP contribution >= 0.6 is 0 Å². The van der Waals surface area contributed by atoms with E-state index in [4.69, 9.17) is 9.78 Å². The molecule has 0 atom stereocenters. The molecule has 0 bridgehead atoms. The van der Waals surface area contributed by atoms with Crippen LogP contribution in [0.4, 0.5) is 0 Å². The summed E-state index contributed by atoms with van der Waals surface area (Å²) in [5.74, 6) is 0.0334. The van der Waals surface area contributed by atoms with E-state index in [1.54, 1.807) is 12.1 Å². The van der Waals surface area contributed by atoms with E-state index in [2.05, 4.69) is 0 Å². The van der Waals surface area contributed by atoms with Crippen LogP contribution in [0.25, 0.3) is 0 Å². The molecular formula is C24H24O3. The van der Waals surface area contributed by atoms with Gasteiger partial charge in [0.2, 0.25) is 0 Å². The number of hydrogen-bond acceptors (Lipinski definition) is 3. The minimum atomic E-state index is -1.02. The summed E-state index contributed by atoms with van der Waals surface area (Å²) in [7, 11) is 0. The molecule has 3 nitrogen and oxygen atoms in total. The van der Waals surface area contributed by atoms with E-state index in [0.717, 1.165) is 11.1 Å². The summed E-state index contributed by atoms with van der Waals surface area (Å²) in [5, 5.41) is 0. The van der Waals surface area contributed by atoms with Gasteiger partial charge < -0.3 is 0 Å². The van der Waals surface area contributed by atoms with Gasteiger partial charge in [-0.3, -0.25) is 4.89 Å². The lowest BCUT2D eigenvalue weighted by atomic mass is 9.59. The van der Waals surface area contributed by atoms with E-state index in [0.29, 0.717) is 5.75 Å². The molecule has 0 aliphatic heterocycles. The van der Waals surface area contributed by atoms with Gasteiger partial charge in [-0.25, -0.2) is 9.68 Å². The number of para-hydroxylation sites is 1. The van der Waals surface area contributed by atoms with Crippen molar-refractivity contribution in [1.82, 2.24) is 0 Å². The van der Waals surface area contributed by atoms with Gasteiger partial charge in [0.05, 0.1) is 0 Å². The monoisotopic (exact) mass is 360 g/mol. The van der Waals surface area contributed by atoms with Crippen molar-refractivity contribution in [2.75, 3.05) is 0 Å². The van der Waals surface area contributed by atoms with Crippen molar-refractivity contribution in [2.45, 2.75) is 26.2 Å². The average Bonchev–Trinajstić information content (AvgIpc) is 2.68. The molecule has 0 saturated carbocycles. The summed E-state index contributed by atoms with van der Waals surface area (Å²) in [4.78, 5) is 24.3. The van der Waals surface area contributed by atoms with Crippen LogP contribution in [0.5, 0.6) is 5.75 Å². The molecule has 0 aliphatic rings. The Balaban J connectivity index is 2.10. The number of benzene rings is 3. The molecule has 0 heterocycles. The summed E-state index contributed by atoms with van der Waals surface area (Å²) in [6.45, 7) is 6.12. The molecular weight excluding hydrogens is 336 g/mol. The number of carbonyl (C=O) groups is 1. The quantitative estimate of drug-likeness (QED) is 0.442. The third-order valence-corrected chi connectivity index (χ3v) is 4.80. The lowest BCUT2D eigenvalue weighted by Gasteiger charge is -2.42. The summed E-state index contributed by atoms with van der Waals surface area (Å²) in [6.07, 6.45) is 0. The summed E-state index contributed by atoms with van der Waals surface area (Å²) in [5.41, 5.74) is 0.243. The van der Waals surface area contributed by atoms with E-state index in [1.807, 2.05) is 99.6 Å². The van der Waals surface area contributed by atoms with Crippen molar-refractivity contribution in [3.05, 3.63) is 102 Å². The summed E-state index contributed by atoms with van der Waals surface area (Å²) < 4.78 is 0. The Kier molecular flexibility index (Phi) is 5.31. The molecule has 0 spiro atoms. The fourth-order valence-corrected chi connectivity index (χ4v) is 3.58. The van der Waals surface area contributed by atoms with Crippen LogP contribution in [0.15, 0.2) is 91.0 Å². The molecule has 3 aromatic rings. The van der Waals surface area contributed by atoms with E-state index in [1.165, 1.54) is 0 Å². The van der Waals surface area contributed by atoms with Crippen molar-refractivity contribution >= 4 is 5.97 Å². The van der Waals surface area contributed by atoms with Crippen LogP contribution in [0.1, 0.15) is 31.9 Å². The number of rotatable bonds is 5. The van der Waals surface area contributed by atoms with E-state index < -0.39 is 16.8 Å². The Morgan fingerprint density at radius 1 is 0.667 bits per heavy atom. The molecule has 0 aliphatic carbocycles. The lowest BCUT2D eigenvalue weighted by Crippen LogP contribution is -2.49. The zero-order valence-electron chi connectivity index (χ0n) is 15.9. The number of carbonyl (C=O) groups excluding carboxylic acids is 1. The first-order valence-corrected chi connectivity index (χ1v) is 9.01. The molecule has 0 N–H and O–H groups in total. The third kappa shape index (κ3) is 3.59. The molecule has 0 aromatic heterocycles. The molecule has 27 heavy (non-hydrogen) atoms. The maximum absolute atomic E-state index is 13.5. The topological polar surface area (TPSA) is 35.5 Å². The van der Waals surface area contributed by atoms with Gasteiger partial charge in [-0.1, -0.05) is 99.6 Å². The number of hydrogen-bond donors (Lipinski definition) is 0. The van der Waals surface area contributed by atoms with Crippen molar-refractivity contribution < 1.29 is 14.6 Å². The van der Waals surface area contributed by atoms with Crippen LogP contribution in [-0.2, 0) is 15.1 Å². The fraction of sp³-hybridized carbons (Fsp3) is 0.208. The van der Waals surface area contributed by atoms with Gasteiger partial charge in [0, 0.05) is 0 Å². The van der Waals surface area contributed by atoms with Gasteiger partial charge in [0.1, 0.15) is 5.41 Å². The third-order valence-electron chi connectivity index (χ3n) is 4.80. The molecule has 3 aromatic carbocycles. The van der Waals surface area contributed by atoms with Crippen LogP contribution in [-0.4, -0.2) is 5.97 Å². The van der Waals surface area contributed by atoms with Crippen molar-refractivity contribution in [2.24, 2.45) is 5.41 Å². The maximum Gasteiger partial charge on any atom is 0.370 e. The first-order chi connectivity index (χ1) is 13.0. The Morgan fingerprint density at radius 2 is 1.07 bits per heavy atom. The van der Waals surface area contributed by atoms with Crippen LogP contribution in [0.3, 0.4) is 0 Å². The highest BCUT2D eigenvalue weighted by Gasteiger charge is 2.53. The van der Waals surface area contributed by atoms with Gasteiger partial charge in [0.15, 0.2) is 5.75 Å². The van der Waals surface area contributed by atoms with Gasteiger partial charge in [0.25, 0.3) is 0 Å². The Bertz CT molecular complexity index is 826. The highest BCUT2D eigenvalue weighted by atomic mass is 17.2. The lowest BCUT2D eigenvalue weighted by molar-refractivity contribution is -0.223. The van der Waals surface area contributed by atoms with E-state index in [9.17, 15) is 4.79 Å². The van der Waals surface area contributed by atoms with Gasteiger partial charge in [-0.05, 0) is 28.7 Å².